The number of rotatable bonds is 0. The van der Waals surface area contributed by atoms with Crippen LogP contribution in [0.5, 0.6) is 0 Å². The third kappa shape index (κ3) is 2.76. The Labute approximate surface area is 81.2 Å². The van der Waals surface area contributed by atoms with E-state index in [2.05, 4.69) is 29.6 Å². The van der Waals surface area contributed by atoms with Gasteiger partial charge in [-0.25, -0.2) is 0 Å². The lowest BCUT2D eigenvalue weighted by Crippen LogP contribution is -2.14. The predicted molar refractivity (Wildman–Crippen MR) is 58.5 cm³/mol. The van der Waals surface area contributed by atoms with Crippen molar-refractivity contribution in [3.8, 4) is 0 Å². The molecule has 0 radical (unpaired) electrons. The van der Waals surface area contributed by atoms with Crippen molar-refractivity contribution >= 4 is 0 Å². The lowest BCUT2D eigenvalue weighted by molar-refractivity contribution is 0.808. The van der Waals surface area contributed by atoms with Gasteiger partial charge in [-0.15, -0.1) is 0 Å². The first kappa shape index (κ1) is 10.1. The summed E-state index contributed by atoms with van der Waals surface area (Å²) in [5, 5.41) is 3.41. The zero-order valence-corrected chi connectivity index (χ0v) is 8.64. The summed E-state index contributed by atoms with van der Waals surface area (Å²) in [5.74, 6) is 0. The second-order valence-corrected chi connectivity index (χ2v) is 2.97. The van der Waals surface area contributed by atoms with E-state index in [0.717, 1.165) is 13.0 Å². The molecule has 0 unspecified atom stereocenters. The standard InChI is InChI=1S/C10H13N.C2H6/c1-2-7-10-9(5-1)6-3-4-8-11-10;1-2/h3,5-7,11H,1-2,4,8H2;1-2H3. The Morgan fingerprint density at radius 2 is 1.85 bits per heavy atom. The molecule has 72 valence electrons. The smallest absolute Gasteiger partial charge is 0.0370 e. The van der Waals surface area contributed by atoms with Crippen LogP contribution < -0.4 is 5.32 Å². The van der Waals surface area contributed by atoms with Gasteiger partial charge in [-0.2, -0.15) is 0 Å². The van der Waals surface area contributed by atoms with Crippen molar-refractivity contribution in [3.05, 3.63) is 35.6 Å². The minimum Gasteiger partial charge on any atom is -0.385 e. The first-order valence-electron chi connectivity index (χ1n) is 5.28. The maximum absolute atomic E-state index is 3.41. The highest BCUT2D eigenvalue weighted by atomic mass is 14.9. The maximum atomic E-state index is 3.41. The Kier molecular flexibility index (Phi) is 4.37. The van der Waals surface area contributed by atoms with Gasteiger partial charge in [0.15, 0.2) is 0 Å². The third-order valence-electron chi connectivity index (χ3n) is 2.11. The van der Waals surface area contributed by atoms with Crippen LogP contribution in [0.3, 0.4) is 0 Å². The normalized spacial score (nSPS) is 19.5. The molecule has 0 aromatic carbocycles. The summed E-state index contributed by atoms with van der Waals surface area (Å²) in [4.78, 5) is 0. The van der Waals surface area contributed by atoms with Crippen LogP contribution in [0.1, 0.15) is 33.1 Å². The molecule has 1 N–H and O–H groups in total. The Bertz CT molecular complexity index is 234. The molecule has 1 aliphatic carbocycles. The summed E-state index contributed by atoms with van der Waals surface area (Å²) in [6, 6.07) is 0. The van der Waals surface area contributed by atoms with Crippen molar-refractivity contribution in [2.24, 2.45) is 0 Å². The van der Waals surface area contributed by atoms with Crippen molar-refractivity contribution in [2.45, 2.75) is 33.1 Å². The molecule has 0 spiro atoms. The molecule has 0 saturated heterocycles. The summed E-state index contributed by atoms with van der Waals surface area (Å²) in [6.45, 7) is 5.08. The number of hydrogen-bond acceptors (Lipinski definition) is 1. The van der Waals surface area contributed by atoms with Crippen LogP contribution in [0.25, 0.3) is 0 Å². The van der Waals surface area contributed by atoms with Crippen molar-refractivity contribution < 1.29 is 0 Å². The van der Waals surface area contributed by atoms with E-state index in [9.17, 15) is 0 Å². The number of nitrogens with one attached hydrogen (secondary N) is 1. The second kappa shape index (κ2) is 5.63. The Morgan fingerprint density at radius 3 is 2.69 bits per heavy atom. The fraction of sp³-hybridized carbons (Fsp3) is 0.500. The first-order valence-corrected chi connectivity index (χ1v) is 5.28. The number of hydrogen-bond donors (Lipinski definition) is 1. The minimum atomic E-state index is 1.08. The molecule has 0 saturated carbocycles. The van der Waals surface area contributed by atoms with E-state index < -0.39 is 0 Å². The van der Waals surface area contributed by atoms with Crippen LogP contribution in [0.15, 0.2) is 35.6 Å². The van der Waals surface area contributed by atoms with Crippen molar-refractivity contribution in [1.29, 1.82) is 0 Å². The molecule has 0 atom stereocenters. The zero-order valence-electron chi connectivity index (χ0n) is 8.64. The van der Waals surface area contributed by atoms with Gasteiger partial charge in [0.1, 0.15) is 0 Å². The molecule has 13 heavy (non-hydrogen) atoms. The van der Waals surface area contributed by atoms with E-state index in [1.807, 2.05) is 13.8 Å². The van der Waals surface area contributed by atoms with Crippen molar-refractivity contribution in [2.75, 3.05) is 6.54 Å². The summed E-state index contributed by atoms with van der Waals surface area (Å²) < 4.78 is 0. The first-order chi connectivity index (χ1) is 6.47. The van der Waals surface area contributed by atoms with Crippen LogP contribution in [0.4, 0.5) is 0 Å². The van der Waals surface area contributed by atoms with E-state index in [1.165, 1.54) is 24.1 Å². The maximum Gasteiger partial charge on any atom is 0.0370 e. The van der Waals surface area contributed by atoms with E-state index in [-0.39, 0.29) is 0 Å². The topological polar surface area (TPSA) is 12.0 Å². The molecule has 1 heteroatoms. The summed E-state index contributed by atoms with van der Waals surface area (Å²) in [5.41, 5.74) is 2.72. The van der Waals surface area contributed by atoms with Gasteiger partial charge in [0.2, 0.25) is 0 Å². The summed E-state index contributed by atoms with van der Waals surface area (Å²) >= 11 is 0. The van der Waals surface area contributed by atoms with Crippen LogP contribution in [0.2, 0.25) is 0 Å². The second-order valence-electron chi connectivity index (χ2n) is 2.97. The van der Waals surface area contributed by atoms with E-state index in [4.69, 9.17) is 0 Å². The van der Waals surface area contributed by atoms with Gasteiger partial charge in [0.25, 0.3) is 0 Å². The molecule has 0 amide bonds. The molecule has 1 heterocycles. The van der Waals surface area contributed by atoms with Gasteiger partial charge in [-0.1, -0.05) is 38.2 Å². The fourth-order valence-electron chi connectivity index (χ4n) is 1.53. The monoisotopic (exact) mass is 177 g/mol. The molecule has 0 aromatic rings. The highest BCUT2D eigenvalue weighted by molar-refractivity contribution is 5.41. The Balaban J connectivity index is 0.000000396. The lowest BCUT2D eigenvalue weighted by Gasteiger charge is -2.12. The summed E-state index contributed by atoms with van der Waals surface area (Å²) in [6.07, 6.45) is 12.6. The van der Waals surface area contributed by atoms with Crippen LogP contribution in [-0.4, -0.2) is 6.54 Å². The quantitative estimate of drug-likeness (QED) is 0.599. The van der Waals surface area contributed by atoms with Gasteiger partial charge in [0, 0.05) is 12.2 Å². The average molecular weight is 177 g/mol. The third-order valence-corrected chi connectivity index (χ3v) is 2.11. The van der Waals surface area contributed by atoms with Crippen LogP contribution in [0, 0.1) is 0 Å². The predicted octanol–water partition coefficient (Wildman–Crippen LogP) is 3.17. The molecule has 0 aromatic heterocycles. The van der Waals surface area contributed by atoms with Gasteiger partial charge >= 0.3 is 0 Å². The van der Waals surface area contributed by atoms with E-state index in [0.29, 0.717) is 0 Å². The number of allylic oxidation sites excluding steroid dienone is 3. The molecular weight excluding hydrogens is 158 g/mol. The van der Waals surface area contributed by atoms with Gasteiger partial charge in [-0.05, 0) is 24.8 Å². The molecule has 0 bridgehead atoms. The SMILES string of the molecule is C1=CC2=CCCC=C2NCC1.CC. The van der Waals surface area contributed by atoms with E-state index in [1.54, 1.807) is 0 Å². The Hall–Kier alpha value is -0.980. The zero-order chi connectivity index (χ0) is 9.52. The molecule has 1 nitrogen and oxygen atoms in total. The largest absolute Gasteiger partial charge is 0.385 e. The van der Waals surface area contributed by atoms with Crippen LogP contribution >= 0.6 is 0 Å². The van der Waals surface area contributed by atoms with E-state index >= 15 is 0 Å². The van der Waals surface area contributed by atoms with Gasteiger partial charge in [-0.3, -0.25) is 0 Å². The van der Waals surface area contributed by atoms with Crippen LogP contribution in [-0.2, 0) is 0 Å². The van der Waals surface area contributed by atoms with Crippen molar-refractivity contribution in [3.63, 3.8) is 0 Å². The molecule has 2 rings (SSSR count). The van der Waals surface area contributed by atoms with Gasteiger partial charge < -0.3 is 5.32 Å². The number of fused-ring (bicyclic) bond motifs is 1. The molecule has 0 fully saturated rings. The summed E-state index contributed by atoms with van der Waals surface area (Å²) in [7, 11) is 0. The van der Waals surface area contributed by atoms with Crippen molar-refractivity contribution in [1.82, 2.24) is 5.32 Å². The molecule has 2 aliphatic rings. The minimum absolute atomic E-state index is 1.08. The van der Waals surface area contributed by atoms with Gasteiger partial charge in [0.05, 0.1) is 0 Å². The fourth-order valence-corrected chi connectivity index (χ4v) is 1.53. The molecular formula is C12H19N. The molecule has 1 aliphatic heterocycles. The highest BCUT2D eigenvalue weighted by Crippen LogP contribution is 2.19. The Morgan fingerprint density at radius 1 is 1.08 bits per heavy atom. The lowest BCUT2D eigenvalue weighted by atomic mass is 10.0. The highest BCUT2D eigenvalue weighted by Gasteiger charge is 2.06. The average Bonchev–Trinajstić information content (AvgIpc) is 2.45.